The number of H-pyrrole nitrogens is 1. The second-order valence-corrected chi connectivity index (χ2v) is 6.58. The summed E-state index contributed by atoms with van der Waals surface area (Å²) in [5, 5.41) is 0. The van der Waals surface area contributed by atoms with Gasteiger partial charge >= 0.3 is 4.87 Å². The van der Waals surface area contributed by atoms with Crippen LogP contribution in [0.5, 0.6) is 0 Å². The van der Waals surface area contributed by atoms with Gasteiger partial charge in [-0.25, -0.2) is 8.42 Å². The van der Waals surface area contributed by atoms with E-state index in [-0.39, 0.29) is 4.21 Å². The lowest BCUT2D eigenvalue weighted by molar-refractivity contribution is 0.602. The Kier molecular flexibility index (Phi) is 3.22. The third-order valence-corrected chi connectivity index (χ3v) is 5.16. The SMILES string of the molecule is Cc1cc(NS(=O)(=O)c2sc(=O)[nH]c2C)ccn1. The fraction of sp³-hybridized carbons (Fsp3) is 0.200. The van der Waals surface area contributed by atoms with E-state index in [1.54, 1.807) is 26.0 Å². The molecule has 0 bridgehead atoms. The molecular formula is C10H11N3O3S2. The fourth-order valence-corrected chi connectivity index (χ4v) is 3.81. The molecule has 2 aromatic rings. The minimum absolute atomic E-state index is 0.00182. The number of aryl methyl sites for hydroxylation is 2. The maximum atomic E-state index is 12.1. The molecule has 2 aromatic heterocycles. The summed E-state index contributed by atoms with van der Waals surface area (Å²) in [5.74, 6) is 0. The van der Waals surface area contributed by atoms with Crippen LogP contribution in [-0.2, 0) is 10.0 Å². The van der Waals surface area contributed by atoms with Crippen LogP contribution in [0.2, 0.25) is 0 Å². The number of rotatable bonds is 3. The van der Waals surface area contributed by atoms with Crippen molar-refractivity contribution in [1.82, 2.24) is 9.97 Å². The molecule has 2 rings (SSSR count). The number of pyridine rings is 1. The number of hydrogen-bond donors (Lipinski definition) is 2. The van der Waals surface area contributed by atoms with E-state index in [9.17, 15) is 13.2 Å². The lowest BCUT2D eigenvalue weighted by atomic mass is 10.3. The van der Waals surface area contributed by atoms with Gasteiger partial charge < -0.3 is 4.98 Å². The van der Waals surface area contributed by atoms with Gasteiger partial charge in [0.25, 0.3) is 10.0 Å². The summed E-state index contributed by atoms with van der Waals surface area (Å²) in [6, 6.07) is 3.16. The zero-order valence-electron chi connectivity index (χ0n) is 9.72. The van der Waals surface area contributed by atoms with Gasteiger partial charge in [-0.05, 0) is 26.0 Å². The van der Waals surface area contributed by atoms with Crippen molar-refractivity contribution in [3.05, 3.63) is 39.4 Å². The summed E-state index contributed by atoms with van der Waals surface area (Å²) < 4.78 is 26.5. The fourth-order valence-electron chi connectivity index (χ4n) is 1.46. The molecule has 8 heteroatoms. The Morgan fingerprint density at radius 2 is 2.11 bits per heavy atom. The molecule has 0 atom stereocenters. The molecule has 0 aliphatic rings. The minimum atomic E-state index is -3.73. The van der Waals surface area contributed by atoms with Crippen molar-refractivity contribution in [3.63, 3.8) is 0 Å². The van der Waals surface area contributed by atoms with Crippen molar-refractivity contribution in [2.45, 2.75) is 18.1 Å². The van der Waals surface area contributed by atoms with E-state index in [0.29, 0.717) is 28.4 Å². The molecule has 0 aliphatic carbocycles. The van der Waals surface area contributed by atoms with Crippen LogP contribution in [0.25, 0.3) is 0 Å². The number of nitrogens with one attached hydrogen (secondary N) is 2. The number of anilines is 1. The average Bonchev–Trinajstić information content (AvgIpc) is 2.58. The van der Waals surface area contributed by atoms with Gasteiger partial charge in [0.05, 0.1) is 5.69 Å². The Bertz CT molecular complexity index is 731. The third-order valence-electron chi connectivity index (χ3n) is 2.17. The predicted molar refractivity (Wildman–Crippen MR) is 69.5 cm³/mol. The Morgan fingerprint density at radius 3 is 2.67 bits per heavy atom. The zero-order chi connectivity index (χ0) is 13.3. The summed E-state index contributed by atoms with van der Waals surface area (Å²) >= 11 is 0.668. The van der Waals surface area contributed by atoms with Crippen molar-refractivity contribution >= 4 is 27.0 Å². The van der Waals surface area contributed by atoms with Crippen molar-refractivity contribution in [2.24, 2.45) is 0 Å². The van der Waals surface area contributed by atoms with E-state index in [0.717, 1.165) is 0 Å². The van der Waals surface area contributed by atoms with Gasteiger partial charge in [-0.2, -0.15) is 0 Å². The summed E-state index contributed by atoms with van der Waals surface area (Å²) in [4.78, 5) is 17.2. The van der Waals surface area contributed by atoms with Crippen LogP contribution in [-0.4, -0.2) is 18.4 Å². The molecule has 0 saturated heterocycles. The highest BCUT2D eigenvalue weighted by molar-refractivity contribution is 7.94. The first-order valence-corrected chi connectivity index (χ1v) is 7.33. The van der Waals surface area contributed by atoms with Crippen LogP contribution in [0.1, 0.15) is 11.4 Å². The summed E-state index contributed by atoms with van der Waals surface area (Å²) in [7, 11) is -3.73. The Labute approximate surface area is 108 Å². The molecule has 0 saturated carbocycles. The number of aromatic amines is 1. The smallest absolute Gasteiger partial charge is 0.306 e. The predicted octanol–water partition coefficient (Wildman–Crippen LogP) is 1.25. The van der Waals surface area contributed by atoms with Crippen molar-refractivity contribution in [2.75, 3.05) is 4.72 Å². The molecule has 18 heavy (non-hydrogen) atoms. The van der Waals surface area contributed by atoms with E-state index in [1.165, 1.54) is 6.20 Å². The molecule has 6 nitrogen and oxygen atoms in total. The highest BCUT2D eigenvalue weighted by atomic mass is 32.2. The maximum absolute atomic E-state index is 12.1. The first-order chi connectivity index (χ1) is 8.38. The second kappa shape index (κ2) is 4.54. The van der Waals surface area contributed by atoms with Crippen LogP contribution >= 0.6 is 11.3 Å². The first-order valence-electron chi connectivity index (χ1n) is 5.04. The summed E-state index contributed by atoms with van der Waals surface area (Å²) in [6.07, 6.45) is 1.51. The lowest BCUT2D eigenvalue weighted by Crippen LogP contribution is -2.12. The quantitative estimate of drug-likeness (QED) is 0.887. The largest absolute Gasteiger partial charge is 0.315 e. The standard InChI is InChI=1S/C10H11N3O3S2/c1-6-5-8(3-4-11-6)13-18(15,16)9-7(2)12-10(14)17-9/h3-5H,1-2H3,(H,11,13)(H,12,14). The van der Waals surface area contributed by atoms with Gasteiger partial charge in [0.15, 0.2) is 4.21 Å². The molecule has 2 N–H and O–H groups in total. The maximum Gasteiger partial charge on any atom is 0.306 e. The summed E-state index contributed by atoms with van der Waals surface area (Å²) in [5.41, 5.74) is 1.46. The third kappa shape index (κ3) is 2.59. The first kappa shape index (κ1) is 12.8. The molecule has 0 aromatic carbocycles. The van der Waals surface area contributed by atoms with E-state index >= 15 is 0 Å². The van der Waals surface area contributed by atoms with Gasteiger partial charge in [-0.1, -0.05) is 11.3 Å². The van der Waals surface area contributed by atoms with Crippen molar-refractivity contribution in [1.29, 1.82) is 0 Å². The monoisotopic (exact) mass is 285 g/mol. The molecular weight excluding hydrogens is 274 g/mol. The Morgan fingerprint density at radius 1 is 1.39 bits per heavy atom. The molecule has 0 amide bonds. The van der Waals surface area contributed by atoms with Crippen LogP contribution in [0.4, 0.5) is 5.69 Å². The van der Waals surface area contributed by atoms with E-state index in [4.69, 9.17) is 0 Å². The van der Waals surface area contributed by atoms with E-state index < -0.39 is 14.9 Å². The molecule has 0 radical (unpaired) electrons. The number of aromatic nitrogens is 2. The number of nitrogens with zero attached hydrogens (tertiary/aromatic N) is 1. The second-order valence-electron chi connectivity index (χ2n) is 3.72. The Balaban J connectivity index is 2.39. The average molecular weight is 285 g/mol. The molecule has 0 spiro atoms. The van der Waals surface area contributed by atoms with Gasteiger partial charge in [0.1, 0.15) is 0 Å². The highest BCUT2D eigenvalue weighted by Gasteiger charge is 2.20. The van der Waals surface area contributed by atoms with Gasteiger partial charge in [0, 0.05) is 17.6 Å². The normalized spacial score (nSPS) is 11.4. The number of hydrogen-bond acceptors (Lipinski definition) is 5. The number of sulfonamides is 1. The van der Waals surface area contributed by atoms with Crippen LogP contribution in [0.15, 0.2) is 27.3 Å². The molecule has 0 fully saturated rings. The van der Waals surface area contributed by atoms with Gasteiger partial charge in [-0.15, -0.1) is 0 Å². The van der Waals surface area contributed by atoms with Crippen LogP contribution in [0.3, 0.4) is 0 Å². The zero-order valence-corrected chi connectivity index (χ0v) is 11.4. The highest BCUT2D eigenvalue weighted by Crippen LogP contribution is 2.20. The van der Waals surface area contributed by atoms with Crippen molar-refractivity contribution < 1.29 is 8.42 Å². The van der Waals surface area contributed by atoms with E-state index in [1.807, 2.05) is 0 Å². The minimum Gasteiger partial charge on any atom is -0.315 e. The van der Waals surface area contributed by atoms with Crippen LogP contribution < -0.4 is 9.60 Å². The molecule has 0 unspecified atom stereocenters. The van der Waals surface area contributed by atoms with Crippen molar-refractivity contribution in [3.8, 4) is 0 Å². The Hall–Kier alpha value is -1.67. The molecule has 2 heterocycles. The summed E-state index contributed by atoms with van der Waals surface area (Å²) in [6.45, 7) is 3.31. The van der Waals surface area contributed by atoms with Gasteiger partial charge in [-0.3, -0.25) is 14.5 Å². The van der Waals surface area contributed by atoms with E-state index in [2.05, 4.69) is 14.7 Å². The van der Waals surface area contributed by atoms with Gasteiger partial charge in [0.2, 0.25) is 0 Å². The van der Waals surface area contributed by atoms with Crippen LogP contribution in [0, 0.1) is 13.8 Å². The molecule has 96 valence electrons. The topological polar surface area (TPSA) is 91.9 Å². The number of thiazole rings is 1. The molecule has 0 aliphatic heterocycles. The lowest BCUT2D eigenvalue weighted by Gasteiger charge is -2.06.